The molecule has 2 rings (SSSR count). The molecule has 0 atom stereocenters. The minimum Gasteiger partial charge on any atom is -0.478 e. The molecule has 0 radical (unpaired) electrons. The van der Waals surface area contributed by atoms with Crippen LogP contribution in [-0.4, -0.2) is 21.0 Å². The summed E-state index contributed by atoms with van der Waals surface area (Å²) in [6.07, 6.45) is 3.64. The first kappa shape index (κ1) is 11.0. The van der Waals surface area contributed by atoms with E-state index < -0.39 is 5.97 Å². The normalized spacial score (nSPS) is 17.5. The van der Waals surface area contributed by atoms with Gasteiger partial charge in [-0.1, -0.05) is 20.8 Å². The van der Waals surface area contributed by atoms with Crippen LogP contribution in [0.2, 0.25) is 0 Å². The summed E-state index contributed by atoms with van der Waals surface area (Å²) in [5.74, 6) is -0.0485. The number of carboxylic acid groups (broad SMARTS) is 1. The molecule has 1 saturated carbocycles. The molecule has 0 aromatic carbocycles. The summed E-state index contributed by atoms with van der Waals surface area (Å²) in [5, 5.41) is 9.04. The number of aromatic carboxylic acids is 1. The lowest BCUT2D eigenvalue weighted by molar-refractivity contribution is 0.0694. The van der Waals surface area contributed by atoms with E-state index in [2.05, 4.69) is 16.9 Å². The van der Waals surface area contributed by atoms with Crippen LogP contribution in [-0.2, 0) is 5.41 Å². The van der Waals surface area contributed by atoms with E-state index in [1.807, 2.05) is 13.8 Å². The van der Waals surface area contributed by atoms with Crippen LogP contribution in [0, 0.1) is 0 Å². The molecule has 86 valence electrons. The van der Waals surface area contributed by atoms with Crippen LogP contribution in [0.1, 0.15) is 61.4 Å². The first-order valence-corrected chi connectivity index (χ1v) is 5.55. The molecule has 1 aliphatic rings. The average Bonchev–Trinajstić information content (AvgIpc) is 2.96. The number of carboxylic acids is 1. The third-order valence-corrected chi connectivity index (χ3v) is 3.14. The Morgan fingerprint density at radius 1 is 1.50 bits per heavy atom. The zero-order valence-corrected chi connectivity index (χ0v) is 9.82. The van der Waals surface area contributed by atoms with Gasteiger partial charge in [-0.15, -0.1) is 0 Å². The van der Waals surface area contributed by atoms with E-state index in [0.29, 0.717) is 5.69 Å². The molecule has 1 N–H and O–H groups in total. The summed E-state index contributed by atoms with van der Waals surface area (Å²) in [6.45, 7) is 6.02. The van der Waals surface area contributed by atoms with Gasteiger partial charge in [0.1, 0.15) is 5.82 Å². The van der Waals surface area contributed by atoms with E-state index in [0.717, 1.165) is 18.7 Å². The summed E-state index contributed by atoms with van der Waals surface area (Å²) in [4.78, 5) is 19.6. The van der Waals surface area contributed by atoms with Crippen molar-refractivity contribution >= 4 is 5.97 Å². The van der Waals surface area contributed by atoms with E-state index in [1.54, 1.807) is 0 Å². The molecule has 16 heavy (non-hydrogen) atoms. The zero-order valence-electron chi connectivity index (χ0n) is 9.82. The molecule has 0 bridgehead atoms. The first-order valence-electron chi connectivity index (χ1n) is 5.55. The van der Waals surface area contributed by atoms with Crippen LogP contribution >= 0.6 is 0 Å². The Labute approximate surface area is 94.7 Å². The third kappa shape index (κ3) is 1.79. The van der Waals surface area contributed by atoms with Gasteiger partial charge in [0, 0.05) is 11.6 Å². The van der Waals surface area contributed by atoms with Gasteiger partial charge < -0.3 is 5.11 Å². The van der Waals surface area contributed by atoms with E-state index >= 15 is 0 Å². The number of hydrogen-bond donors (Lipinski definition) is 1. The predicted octanol–water partition coefficient (Wildman–Crippen LogP) is 2.35. The van der Waals surface area contributed by atoms with Crippen LogP contribution < -0.4 is 0 Å². The fourth-order valence-electron chi connectivity index (χ4n) is 1.70. The van der Waals surface area contributed by atoms with Gasteiger partial charge in [-0.25, -0.2) is 14.8 Å². The lowest BCUT2D eigenvalue weighted by atomic mass is 10.0. The van der Waals surface area contributed by atoms with Gasteiger partial charge in [0.2, 0.25) is 0 Å². The molecule has 1 aromatic rings. The second-order valence-corrected chi connectivity index (χ2v) is 5.01. The van der Waals surface area contributed by atoms with Gasteiger partial charge in [-0.3, -0.25) is 0 Å². The van der Waals surface area contributed by atoms with Gasteiger partial charge in [0.25, 0.3) is 0 Å². The van der Waals surface area contributed by atoms with Crippen molar-refractivity contribution in [1.82, 2.24) is 9.97 Å². The maximum absolute atomic E-state index is 11.0. The van der Waals surface area contributed by atoms with Crippen molar-refractivity contribution in [3.8, 4) is 0 Å². The minimum absolute atomic E-state index is 0.0840. The smallest absolute Gasteiger partial charge is 0.339 e. The fraction of sp³-hybridized carbons (Fsp3) is 0.583. The molecule has 4 heteroatoms. The topological polar surface area (TPSA) is 63.1 Å². The third-order valence-electron chi connectivity index (χ3n) is 3.14. The van der Waals surface area contributed by atoms with Crippen molar-refractivity contribution in [2.75, 3.05) is 0 Å². The average molecular weight is 220 g/mol. The highest BCUT2D eigenvalue weighted by Crippen LogP contribution is 2.46. The highest BCUT2D eigenvalue weighted by Gasteiger charge is 2.42. The lowest BCUT2D eigenvalue weighted by Gasteiger charge is -2.13. The molecule has 1 heterocycles. The SMILES string of the molecule is CC(C)c1nc(C2(C)CC2)ncc1C(=O)O. The molecule has 0 unspecified atom stereocenters. The van der Waals surface area contributed by atoms with Crippen LogP contribution in [0.5, 0.6) is 0 Å². The van der Waals surface area contributed by atoms with E-state index in [9.17, 15) is 4.79 Å². The maximum atomic E-state index is 11.0. The summed E-state index contributed by atoms with van der Waals surface area (Å²) in [6, 6.07) is 0. The second kappa shape index (κ2) is 3.54. The number of aromatic nitrogens is 2. The highest BCUT2D eigenvalue weighted by atomic mass is 16.4. The first-order chi connectivity index (χ1) is 7.44. The Morgan fingerprint density at radius 3 is 2.56 bits per heavy atom. The molecule has 4 nitrogen and oxygen atoms in total. The summed E-state index contributed by atoms with van der Waals surface area (Å²) in [5.41, 5.74) is 0.953. The van der Waals surface area contributed by atoms with Crippen molar-refractivity contribution in [3.05, 3.63) is 23.3 Å². The Kier molecular flexibility index (Phi) is 2.45. The van der Waals surface area contributed by atoms with E-state index in [1.165, 1.54) is 6.20 Å². The Hall–Kier alpha value is -1.45. The maximum Gasteiger partial charge on any atom is 0.339 e. The summed E-state index contributed by atoms with van der Waals surface area (Å²) < 4.78 is 0. The number of carbonyl (C=O) groups is 1. The molecule has 1 aliphatic carbocycles. The zero-order chi connectivity index (χ0) is 11.9. The predicted molar refractivity (Wildman–Crippen MR) is 59.7 cm³/mol. The van der Waals surface area contributed by atoms with Crippen molar-refractivity contribution in [2.24, 2.45) is 0 Å². The van der Waals surface area contributed by atoms with Crippen LogP contribution in [0.15, 0.2) is 6.20 Å². The Morgan fingerprint density at radius 2 is 2.12 bits per heavy atom. The Bertz CT molecular complexity index is 437. The van der Waals surface area contributed by atoms with Gasteiger partial charge in [0.15, 0.2) is 0 Å². The molecule has 1 fully saturated rings. The van der Waals surface area contributed by atoms with E-state index in [-0.39, 0.29) is 16.9 Å². The van der Waals surface area contributed by atoms with Gasteiger partial charge in [-0.2, -0.15) is 0 Å². The van der Waals surface area contributed by atoms with Crippen LogP contribution in [0.25, 0.3) is 0 Å². The van der Waals surface area contributed by atoms with E-state index in [4.69, 9.17) is 5.11 Å². The molecule has 0 saturated heterocycles. The van der Waals surface area contributed by atoms with Crippen molar-refractivity contribution in [2.45, 2.75) is 44.9 Å². The van der Waals surface area contributed by atoms with Crippen LogP contribution in [0.3, 0.4) is 0 Å². The van der Waals surface area contributed by atoms with Gasteiger partial charge in [0.05, 0.1) is 11.3 Å². The van der Waals surface area contributed by atoms with Crippen molar-refractivity contribution in [3.63, 3.8) is 0 Å². The molecule has 0 spiro atoms. The van der Waals surface area contributed by atoms with Gasteiger partial charge in [-0.05, 0) is 18.8 Å². The second-order valence-electron chi connectivity index (χ2n) is 5.01. The molecule has 0 amide bonds. The summed E-state index contributed by atoms with van der Waals surface area (Å²) in [7, 11) is 0. The molecule has 1 aromatic heterocycles. The van der Waals surface area contributed by atoms with Crippen molar-refractivity contribution in [1.29, 1.82) is 0 Å². The minimum atomic E-state index is -0.948. The monoisotopic (exact) mass is 220 g/mol. The highest BCUT2D eigenvalue weighted by molar-refractivity contribution is 5.88. The number of nitrogens with zero attached hydrogens (tertiary/aromatic N) is 2. The Balaban J connectivity index is 2.48. The number of hydrogen-bond acceptors (Lipinski definition) is 3. The molecular formula is C12H16N2O2. The van der Waals surface area contributed by atoms with Crippen LogP contribution in [0.4, 0.5) is 0 Å². The fourth-order valence-corrected chi connectivity index (χ4v) is 1.70. The standard InChI is InChI=1S/C12H16N2O2/c1-7(2)9-8(10(15)16)6-13-11(14-9)12(3)4-5-12/h6-7H,4-5H2,1-3H3,(H,15,16). The molecular weight excluding hydrogens is 204 g/mol. The van der Waals surface area contributed by atoms with Gasteiger partial charge >= 0.3 is 5.97 Å². The van der Waals surface area contributed by atoms with Crippen molar-refractivity contribution < 1.29 is 9.90 Å². The summed E-state index contributed by atoms with van der Waals surface area (Å²) >= 11 is 0. The number of rotatable bonds is 3. The largest absolute Gasteiger partial charge is 0.478 e. The quantitative estimate of drug-likeness (QED) is 0.849. The molecule has 0 aliphatic heterocycles. The lowest BCUT2D eigenvalue weighted by Crippen LogP contribution is -2.14.